The summed E-state index contributed by atoms with van der Waals surface area (Å²) in [7, 11) is 0. The molecule has 3 rings (SSSR count). The Morgan fingerprint density at radius 2 is 2.00 bits per heavy atom. The van der Waals surface area contributed by atoms with Crippen molar-refractivity contribution in [2.24, 2.45) is 5.41 Å². The van der Waals surface area contributed by atoms with E-state index in [9.17, 15) is 9.59 Å². The van der Waals surface area contributed by atoms with Gasteiger partial charge in [-0.05, 0) is 23.8 Å². The summed E-state index contributed by atoms with van der Waals surface area (Å²) in [5.74, 6) is 1.35. The predicted molar refractivity (Wildman–Crippen MR) is 89.2 cm³/mol. The Bertz CT molecular complexity index is 931. The van der Waals surface area contributed by atoms with Gasteiger partial charge in [-0.25, -0.2) is 0 Å². The first-order valence-electron chi connectivity index (χ1n) is 7.19. The SMILES string of the molecule is CC(C)(C)C(=O)/C=c1\[nH]c(=O)/c(=C\c2ccc3c(c2)OCO3)s1. The third-order valence-electron chi connectivity index (χ3n) is 3.38. The van der Waals surface area contributed by atoms with Gasteiger partial charge in [-0.3, -0.25) is 9.59 Å². The third kappa shape index (κ3) is 3.37. The van der Waals surface area contributed by atoms with Crippen LogP contribution in [0.1, 0.15) is 26.3 Å². The number of nitrogens with one attached hydrogen (secondary N) is 1. The van der Waals surface area contributed by atoms with Gasteiger partial charge in [-0.1, -0.05) is 26.8 Å². The van der Waals surface area contributed by atoms with E-state index in [1.54, 1.807) is 6.08 Å². The molecule has 23 heavy (non-hydrogen) atoms. The van der Waals surface area contributed by atoms with E-state index in [4.69, 9.17) is 9.47 Å². The number of ketones is 1. The van der Waals surface area contributed by atoms with Crippen molar-refractivity contribution in [1.29, 1.82) is 0 Å². The lowest BCUT2D eigenvalue weighted by atomic mass is 9.91. The number of ether oxygens (including phenoxy) is 2. The van der Waals surface area contributed by atoms with E-state index in [1.807, 2.05) is 39.0 Å². The molecular weight excluding hydrogens is 314 g/mol. The number of carbonyl (C=O) groups excluding carboxylic acids is 1. The molecule has 2 aromatic rings. The van der Waals surface area contributed by atoms with Crippen molar-refractivity contribution in [3.8, 4) is 11.5 Å². The summed E-state index contributed by atoms with van der Waals surface area (Å²) in [4.78, 5) is 26.8. The molecule has 0 bridgehead atoms. The van der Waals surface area contributed by atoms with Crippen molar-refractivity contribution < 1.29 is 14.3 Å². The van der Waals surface area contributed by atoms with E-state index >= 15 is 0 Å². The second-order valence-electron chi connectivity index (χ2n) is 6.30. The maximum Gasteiger partial charge on any atom is 0.266 e. The van der Waals surface area contributed by atoms with E-state index in [0.29, 0.717) is 20.7 Å². The summed E-state index contributed by atoms with van der Waals surface area (Å²) >= 11 is 1.26. The molecule has 0 aliphatic carbocycles. The zero-order valence-electron chi connectivity index (χ0n) is 13.1. The molecule has 5 nitrogen and oxygen atoms in total. The first kappa shape index (κ1) is 15.6. The van der Waals surface area contributed by atoms with Crippen LogP contribution in [0.5, 0.6) is 11.5 Å². The number of benzene rings is 1. The van der Waals surface area contributed by atoms with E-state index in [2.05, 4.69) is 4.98 Å². The fourth-order valence-electron chi connectivity index (χ4n) is 2.01. The molecule has 2 heterocycles. The number of hydrogen-bond donors (Lipinski definition) is 1. The molecule has 0 unspecified atom stereocenters. The van der Waals surface area contributed by atoms with E-state index in [-0.39, 0.29) is 18.1 Å². The van der Waals surface area contributed by atoms with Crippen LogP contribution in [-0.2, 0) is 4.79 Å². The molecule has 0 amide bonds. The van der Waals surface area contributed by atoms with Gasteiger partial charge in [-0.15, -0.1) is 11.3 Å². The van der Waals surface area contributed by atoms with E-state index in [1.165, 1.54) is 17.4 Å². The largest absolute Gasteiger partial charge is 0.454 e. The summed E-state index contributed by atoms with van der Waals surface area (Å²) in [6.45, 7) is 5.75. The van der Waals surface area contributed by atoms with Crippen LogP contribution < -0.4 is 24.2 Å². The molecule has 120 valence electrons. The molecular formula is C17H17NO4S. The Morgan fingerprint density at radius 3 is 2.74 bits per heavy atom. The Balaban J connectivity index is 2.00. The molecule has 1 N–H and O–H groups in total. The number of Topliss-reactive ketones (excluding diaryl/α,β-unsaturated/α-hetero) is 1. The highest BCUT2D eigenvalue weighted by Gasteiger charge is 2.18. The van der Waals surface area contributed by atoms with Gasteiger partial charge in [0.1, 0.15) is 0 Å². The molecule has 0 spiro atoms. The molecule has 1 aromatic carbocycles. The van der Waals surface area contributed by atoms with Crippen molar-refractivity contribution in [3.05, 3.63) is 43.3 Å². The lowest BCUT2D eigenvalue weighted by Gasteiger charge is -2.12. The van der Waals surface area contributed by atoms with Crippen LogP contribution >= 0.6 is 11.3 Å². The highest BCUT2D eigenvalue weighted by molar-refractivity contribution is 7.07. The Hall–Kier alpha value is -2.34. The average molecular weight is 331 g/mol. The standard InChI is InChI=1S/C17H17NO4S/c1-17(2,3)14(19)8-15-18-16(20)13(23-15)7-10-4-5-11-12(6-10)22-9-21-11/h4-8H,9H2,1-3H3,(H,18,20)/b13-7+,15-8+. The van der Waals surface area contributed by atoms with Crippen molar-refractivity contribution in [2.75, 3.05) is 6.79 Å². The van der Waals surface area contributed by atoms with Crippen LogP contribution in [0.3, 0.4) is 0 Å². The highest BCUT2D eigenvalue weighted by atomic mass is 32.1. The number of H-pyrrole nitrogens is 1. The fourth-order valence-corrected chi connectivity index (χ4v) is 2.90. The molecule has 0 saturated heterocycles. The van der Waals surface area contributed by atoms with Gasteiger partial charge in [0.25, 0.3) is 5.56 Å². The third-order valence-corrected chi connectivity index (χ3v) is 4.34. The van der Waals surface area contributed by atoms with E-state index < -0.39 is 5.41 Å². The maximum absolute atomic E-state index is 12.0. The number of aromatic nitrogens is 1. The van der Waals surface area contributed by atoms with Crippen molar-refractivity contribution >= 4 is 29.3 Å². The van der Waals surface area contributed by atoms with Gasteiger partial charge in [0, 0.05) is 11.5 Å². The minimum absolute atomic E-state index is 0.0235. The second-order valence-corrected chi connectivity index (χ2v) is 7.38. The molecule has 0 saturated carbocycles. The van der Waals surface area contributed by atoms with Gasteiger partial charge >= 0.3 is 0 Å². The van der Waals surface area contributed by atoms with Crippen LogP contribution in [0.25, 0.3) is 12.2 Å². The number of rotatable bonds is 2. The second kappa shape index (κ2) is 5.70. The maximum atomic E-state index is 12.0. The van der Waals surface area contributed by atoms with Gasteiger partial charge in [0.05, 0.1) is 9.20 Å². The highest BCUT2D eigenvalue weighted by Crippen LogP contribution is 2.32. The molecule has 0 radical (unpaired) electrons. The Morgan fingerprint density at radius 1 is 1.26 bits per heavy atom. The van der Waals surface area contributed by atoms with Gasteiger partial charge < -0.3 is 14.5 Å². The zero-order valence-corrected chi connectivity index (χ0v) is 14.0. The normalized spacial score (nSPS) is 15.3. The number of fused-ring (bicyclic) bond motifs is 1. The first-order valence-corrected chi connectivity index (χ1v) is 8.01. The lowest BCUT2D eigenvalue weighted by molar-refractivity contribution is -0.119. The van der Waals surface area contributed by atoms with Crippen LogP contribution in [0.15, 0.2) is 23.0 Å². The average Bonchev–Trinajstić information content (AvgIpc) is 3.04. The quantitative estimate of drug-likeness (QED) is 0.903. The first-order chi connectivity index (χ1) is 10.8. The Kier molecular flexibility index (Phi) is 3.85. The molecule has 0 atom stereocenters. The molecule has 1 aliphatic rings. The minimum Gasteiger partial charge on any atom is -0.454 e. The van der Waals surface area contributed by atoms with E-state index in [0.717, 1.165) is 5.56 Å². The Labute approximate surface area is 136 Å². The number of aromatic amines is 1. The topological polar surface area (TPSA) is 68.4 Å². The van der Waals surface area contributed by atoms with Crippen molar-refractivity contribution in [1.82, 2.24) is 4.98 Å². The fraction of sp³-hybridized carbons (Fsp3) is 0.294. The van der Waals surface area contributed by atoms with Crippen LogP contribution in [0, 0.1) is 5.41 Å². The number of carbonyl (C=O) groups is 1. The van der Waals surface area contributed by atoms with Gasteiger partial charge in [0.2, 0.25) is 6.79 Å². The summed E-state index contributed by atoms with van der Waals surface area (Å²) in [6.07, 6.45) is 3.26. The summed E-state index contributed by atoms with van der Waals surface area (Å²) in [5, 5.41) is 0. The molecule has 1 aromatic heterocycles. The summed E-state index contributed by atoms with van der Waals surface area (Å²) in [6, 6.07) is 5.49. The summed E-state index contributed by atoms with van der Waals surface area (Å²) < 4.78 is 11.7. The summed E-state index contributed by atoms with van der Waals surface area (Å²) in [5.41, 5.74) is 0.165. The predicted octanol–water partition coefficient (Wildman–Crippen LogP) is 1.39. The number of thiazole rings is 1. The molecule has 1 aliphatic heterocycles. The van der Waals surface area contributed by atoms with Crippen molar-refractivity contribution in [3.63, 3.8) is 0 Å². The zero-order chi connectivity index (χ0) is 16.6. The minimum atomic E-state index is -0.470. The van der Waals surface area contributed by atoms with Crippen LogP contribution in [0.4, 0.5) is 0 Å². The van der Waals surface area contributed by atoms with Crippen LogP contribution in [-0.4, -0.2) is 17.6 Å². The van der Waals surface area contributed by atoms with Crippen LogP contribution in [0.2, 0.25) is 0 Å². The monoisotopic (exact) mass is 331 g/mol. The smallest absolute Gasteiger partial charge is 0.266 e. The molecule has 6 heteroatoms. The van der Waals surface area contributed by atoms with Gasteiger partial charge in [-0.2, -0.15) is 0 Å². The molecule has 0 fully saturated rings. The van der Waals surface area contributed by atoms with Crippen molar-refractivity contribution in [2.45, 2.75) is 20.8 Å². The van der Waals surface area contributed by atoms with Gasteiger partial charge in [0.15, 0.2) is 17.3 Å². The number of hydrogen-bond acceptors (Lipinski definition) is 5. The lowest BCUT2D eigenvalue weighted by Crippen LogP contribution is -2.22.